The number of benzene rings is 9. The van der Waals surface area contributed by atoms with E-state index in [4.69, 9.17) is 0 Å². The van der Waals surface area contributed by atoms with E-state index in [-0.39, 0.29) is 0 Å². The van der Waals surface area contributed by atoms with Gasteiger partial charge in [-0.05, 0) is 176 Å². The van der Waals surface area contributed by atoms with E-state index in [2.05, 4.69) is 284 Å². The van der Waals surface area contributed by atoms with Gasteiger partial charge in [-0.3, -0.25) is 0 Å². The second kappa shape index (κ2) is 20.6. The molecule has 0 spiro atoms. The summed E-state index contributed by atoms with van der Waals surface area (Å²) in [5.74, 6) is 0. The molecule has 0 amide bonds. The van der Waals surface area contributed by atoms with Crippen LogP contribution in [0.5, 0.6) is 0 Å². The van der Waals surface area contributed by atoms with Crippen LogP contribution in [0.25, 0.3) is 69.9 Å². The van der Waals surface area contributed by atoms with Gasteiger partial charge in [-0.2, -0.15) is 0 Å². The third kappa shape index (κ3) is 10.2. The van der Waals surface area contributed by atoms with E-state index in [1.807, 2.05) is 0 Å². The van der Waals surface area contributed by atoms with Crippen LogP contribution >= 0.6 is 0 Å². The summed E-state index contributed by atoms with van der Waals surface area (Å²) in [7, 11) is 0. The molecule has 9 aromatic rings. The van der Waals surface area contributed by atoms with Crippen LogP contribution < -0.4 is 0 Å². The topological polar surface area (TPSA) is 0 Å². The normalized spacial score (nSPS) is 11.3. The molecule has 68 heavy (non-hydrogen) atoms. The fraction of sp³-hybridized carbons (Fsp3) is 0.0882. The molecule has 330 valence electrons. The van der Waals surface area contributed by atoms with Crippen molar-refractivity contribution in [3.63, 3.8) is 0 Å². The number of aryl methyl sites for hydroxylation is 2. The molecule has 9 aromatic carbocycles. The molecule has 0 N–H and O–H groups in total. The van der Waals surface area contributed by atoms with Crippen molar-refractivity contribution in [3.05, 3.63) is 295 Å². The highest BCUT2D eigenvalue weighted by atomic mass is 14.2. The molecule has 0 fully saturated rings. The summed E-state index contributed by atoms with van der Waals surface area (Å²) in [6.07, 6.45) is 13.7. The van der Waals surface area contributed by atoms with Crippen LogP contribution in [0.15, 0.2) is 206 Å². The molecule has 0 aromatic heterocycles. The standard InChI is InChI=1S/C68H58/c1-47-43-53(31-39-63(47)61-35-27-55(28-36-61)45-67(57-19-11-7-12-20-57)58-21-13-8-14-22-58)33-41-65-49(3)51(5)66(52(6)50(65)4)42-34-54-32-40-64(48(2)44-54)62-37-29-56(30-38-62)46-68(59-23-15-9-16-24-59)60-25-17-10-18-26-60/h7-46H,1-6H3/b41-33+,42-34+. The van der Waals surface area contributed by atoms with E-state index in [0.717, 1.165) is 0 Å². The molecule has 9 rings (SSSR count). The first-order chi connectivity index (χ1) is 33.2. The lowest BCUT2D eigenvalue weighted by molar-refractivity contribution is 1.21. The third-order valence-electron chi connectivity index (χ3n) is 13.5. The maximum absolute atomic E-state index is 2.31. The predicted octanol–water partition coefficient (Wildman–Crippen LogP) is 18.4. The lowest BCUT2D eigenvalue weighted by Gasteiger charge is -2.17. The quantitative estimate of drug-likeness (QED) is 0.107. The average molecular weight is 875 g/mol. The summed E-state index contributed by atoms with van der Waals surface area (Å²) in [4.78, 5) is 0. The Morgan fingerprint density at radius 3 is 0.838 bits per heavy atom. The van der Waals surface area contributed by atoms with Gasteiger partial charge in [-0.25, -0.2) is 0 Å². The molecule has 0 nitrogen and oxygen atoms in total. The van der Waals surface area contributed by atoms with E-state index in [1.165, 1.54) is 122 Å². The van der Waals surface area contributed by atoms with Gasteiger partial charge >= 0.3 is 0 Å². The monoisotopic (exact) mass is 874 g/mol. The molecular formula is C68H58. The highest BCUT2D eigenvalue weighted by Gasteiger charge is 2.13. The average Bonchev–Trinajstić information content (AvgIpc) is 3.38. The van der Waals surface area contributed by atoms with Crippen LogP contribution in [-0.4, -0.2) is 0 Å². The van der Waals surface area contributed by atoms with Crippen molar-refractivity contribution in [3.8, 4) is 22.3 Å². The largest absolute Gasteiger partial charge is 0.0622 e. The Morgan fingerprint density at radius 1 is 0.279 bits per heavy atom. The Kier molecular flexibility index (Phi) is 13.7. The zero-order chi connectivity index (χ0) is 47.0. The fourth-order valence-corrected chi connectivity index (χ4v) is 9.45. The second-order valence-corrected chi connectivity index (χ2v) is 18.0. The zero-order valence-corrected chi connectivity index (χ0v) is 40.1. The van der Waals surface area contributed by atoms with Gasteiger partial charge < -0.3 is 0 Å². The van der Waals surface area contributed by atoms with Gasteiger partial charge in [-0.15, -0.1) is 0 Å². The lowest BCUT2D eigenvalue weighted by Crippen LogP contribution is -1.99. The van der Waals surface area contributed by atoms with Crippen molar-refractivity contribution in [2.24, 2.45) is 0 Å². The van der Waals surface area contributed by atoms with Crippen LogP contribution in [0.1, 0.15) is 89.0 Å². The Morgan fingerprint density at radius 2 is 0.559 bits per heavy atom. The van der Waals surface area contributed by atoms with E-state index in [1.54, 1.807) is 0 Å². The van der Waals surface area contributed by atoms with E-state index >= 15 is 0 Å². The maximum Gasteiger partial charge on any atom is -0.0105 e. The number of rotatable bonds is 12. The summed E-state index contributed by atoms with van der Waals surface area (Å²) in [5.41, 5.74) is 27.4. The molecule has 0 heteroatoms. The summed E-state index contributed by atoms with van der Waals surface area (Å²) in [6, 6.07) is 74.1. The molecule has 0 atom stereocenters. The van der Waals surface area contributed by atoms with Crippen LogP contribution in [0.3, 0.4) is 0 Å². The Bertz CT molecular complexity index is 2970. The molecule has 0 heterocycles. The van der Waals surface area contributed by atoms with Gasteiger partial charge in [0.2, 0.25) is 0 Å². The van der Waals surface area contributed by atoms with Crippen LogP contribution in [-0.2, 0) is 0 Å². The zero-order valence-electron chi connectivity index (χ0n) is 40.1. The Hall–Kier alpha value is -8.06. The first-order valence-corrected chi connectivity index (χ1v) is 23.7. The molecule has 0 radical (unpaired) electrons. The van der Waals surface area contributed by atoms with Gasteiger partial charge in [0.15, 0.2) is 0 Å². The van der Waals surface area contributed by atoms with Crippen LogP contribution in [0, 0.1) is 41.5 Å². The van der Waals surface area contributed by atoms with Crippen molar-refractivity contribution in [1.82, 2.24) is 0 Å². The van der Waals surface area contributed by atoms with Gasteiger partial charge in [0, 0.05) is 0 Å². The summed E-state index contributed by atoms with van der Waals surface area (Å²) < 4.78 is 0. The molecule has 0 saturated heterocycles. The predicted molar refractivity (Wildman–Crippen MR) is 296 cm³/mol. The third-order valence-corrected chi connectivity index (χ3v) is 13.5. The van der Waals surface area contributed by atoms with E-state index < -0.39 is 0 Å². The number of hydrogen-bond donors (Lipinski definition) is 0. The van der Waals surface area contributed by atoms with Crippen molar-refractivity contribution in [2.45, 2.75) is 41.5 Å². The van der Waals surface area contributed by atoms with Gasteiger partial charge in [0.05, 0.1) is 0 Å². The molecule has 0 aliphatic carbocycles. The Balaban J connectivity index is 0.890. The van der Waals surface area contributed by atoms with E-state index in [0.29, 0.717) is 0 Å². The van der Waals surface area contributed by atoms with E-state index in [9.17, 15) is 0 Å². The lowest BCUT2D eigenvalue weighted by atomic mass is 9.88. The van der Waals surface area contributed by atoms with Crippen LogP contribution in [0.2, 0.25) is 0 Å². The number of hydrogen-bond acceptors (Lipinski definition) is 0. The van der Waals surface area contributed by atoms with Crippen molar-refractivity contribution in [2.75, 3.05) is 0 Å². The van der Waals surface area contributed by atoms with Gasteiger partial charge in [-0.1, -0.05) is 231 Å². The highest BCUT2D eigenvalue weighted by molar-refractivity contribution is 5.93. The van der Waals surface area contributed by atoms with Crippen molar-refractivity contribution >= 4 is 47.6 Å². The van der Waals surface area contributed by atoms with Gasteiger partial charge in [0.1, 0.15) is 0 Å². The van der Waals surface area contributed by atoms with Crippen LogP contribution in [0.4, 0.5) is 0 Å². The summed E-state index contributed by atoms with van der Waals surface area (Å²) in [6.45, 7) is 13.5. The molecule has 0 unspecified atom stereocenters. The van der Waals surface area contributed by atoms with Gasteiger partial charge in [0.25, 0.3) is 0 Å². The molecular weight excluding hydrogens is 817 g/mol. The summed E-state index contributed by atoms with van der Waals surface area (Å²) in [5, 5.41) is 0. The molecule has 0 aliphatic heterocycles. The smallest absolute Gasteiger partial charge is 0.0105 e. The van der Waals surface area contributed by atoms with Crippen molar-refractivity contribution in [1.29, 1.82) is 0 Å². The SMILES string of the molecule is Cc1cc(/C=C/c2c(C)c(C)c(/C=C/c3ccc(-c4ccc(C=C(c5ccccc5)c5ccccc5)cc4)c(C)c3)c(C)c2C)ccc1-c1ccc(C=C(c2ccccc2)c2ccccc2)cc1. The molecule has 0 bridgehead atoms. The second-order valence-electron chi connectivity index (χ2n) is 18.0. The Labute approximate surface area is 404 Å². The minimum atomic E-state index is 1.18. The van der Waals surface area contributed by atoms with Crippen molar-refractivity contribution < 1.29 is 0 Å². The highest BCUT2D eigenvalue weighted by Crippen LogP contribution is 2.34. The minimum Gasteiger partial charge on any atom is -0.0622 e. The first-order valence-electron chi connectivity index (χ1n) is 23.7. The minimum absolute atomic E-state index is 1.18. The molecule has 0 saturated carbocycles. The molecule has 0 aliphatic rings. The maximum atomic E-state index is 2.31. The fourth-order valence-electron chi connectivity index (χ4n) is 9.45. The first kappa shape index (κ1) is 45.1. The summed E-state index contributed by atoms with van der Waals surface area (Å²) >= 11 is 0.